The third kappa shape index (κ3) is 2.82. The minimum atomic E-state index is -1.64. The number of benzene rings is 3. The third-order valence-electron chi connectivity index (χ3n) is 7.82. The van der Waals surface area contributed by atoms with Crippen LogP contribution in [0.15, 0.2) is 101 Å². The van der Waals surface area contributed by atoms with Crippen LogP contribution < -0.4 is 0 Å². The first-order valence-electron chi connectivity index (χ1n) is 12.0. The van der Waals surface area contributed by atoms with Gasteiger partial charge in [-0.2, -0.15) is 5.10 Å². The van der Waals surface area contributed by atoms with E-state index in [2.05, 4.69) is 0 Å². The molecule has 37 heavy (non-hydrogen) atoms. The molecule has 3 aromatic carbocycles. The van der Waals surface area contributed by atoms with E-state index in [1.807, 2.05) is 24.3 Å². The number of fused-ring (bicyclic) bond motifs is 5. The average Bonchev–Trinajstić information content (AvgIpc) is 3.62. The molecule has 180 valence electrons. The summed E-state index contributed by atoms with van der Waals surface area (Å²) in [4.78, 5) is 43.2. The van der Waals surface area contributed by atoms with Gasteiger partial charge in [0.1, 0.15) is 17.2 Å². The van der Waals surface area contributed by atoms with E-state index in [-0.39, 0.29) is 17.3 Å². The van der Waals surface area contributed by atoms with Crippen LogP contribution in [0, 0.1) is 5.41 Å². The van der Waals surface area contributed by atoms with Crippen LogP contribution in [-0.2, 0) is 0 Å². The lowest BCUT2D eigenvalue weighted by Gasteiger charge is -2.36. The van der Waals surface area contributed by atoms with Crippen molar-refractivity contribution in [2.75, 3.05) is 0 Å². The van der Waals surface area contributed by atoms with Crippen LogP contribution in [0.1, 0.15) is 59.9 Å². The zero-order chi connectivity index (χ0) is 25.3. The highest BCUT2D eigenvalue weighted by atomic mass is 35.5. The molecule has 1 aromatic heterocycles. The Hall–Kier alpha value is -4.29. The van der Waals surface area contributed by atoms with Gasteiger partial charge in [-0.25, -0.2) is 0 Å². The monoisotopic (exact) mass is 506 g/mol. The van der Waals surface area contributed by atoms with E-state index in [0.717, 1.165) is 11.1 Å². The first-order valence-corrected chi connectivity index (χ1v) is 12.3. The highest BCUT2D eigenvalue weighted by Crippen LogP contribution is 2.64. The van der Waals surface area contributed by atoms with Gasteiger partial charge in [-0.15, -0.1) is 0 Å². The van der Waals surface area contributed by atoms with Crippen molar-refractivity contribution in [3.05, 3.63) is 130 Å². The number of Topliss-reactive ketones (excluding diaryl/α,β-unsaturated/α-hetero) is 3. The minimum Gasteiger partial charge on any atom is -0.469 e. The molecule has 6 nitrogen and oxygen atoms in total. The summed E-state index contributed by atoms with van der Waals surface area (Å²) >= 11 is 6.09. The van der Waals surface area contributed by atoms with Gasteiger partial charge in [0.25, 0.3) is 0 Å². The van der Waals surface area contributed by atoms with Crippen LogP contribution in [0.4, 0.5) is 0 Å². The summed E-state index contributed by atoms with van der Waals surface area (Å²) < 4.78 is 5.87. The smallest absolute Gasteiger partial charge is 0.187 e. The Morgan fingerprint density at radius 1 is 0.865 bits per heavy atom. The standard InChI is InChI=1S/C30H19ClN2O4/c31-19-13-11-17(12-14-19)26(34)25-24(23-10-5-15-37-23)30(28(35)21-8-3-4-9-22(21)29(30)36)27-20-7-2-1-6-18(20)16-32-33(25)27/h1-16,24-25,27H/t24-,25-,27+/m0/s1. The molecule has 1 fully saturated rings. The average molecular weight is 507 g/mol. The van der Waals surface area contributed by atoms with Crippen molar-refractivity contribution in [2.24, 2.45) is 10.5 Å². The molecule has 3 heterocycles. The molecular weight excluding hydrogens is 488 g/mol. The van der Waals surface area contributed by atoms with Crippen LogP contribution >= 0.6 is 11.6 Å². The zero-order valence-electron chi connectivity index (χ0n) is 19.4. The molecule has 0 saturated carbocycles. The van der Waals surface area contributed by atoms with Crippen molar-refractivity contribution in [3.63, 3.8) is 0 Å². The fraction of sp³-hybridized carbons (Fsp3) is 0.133. The maximum absolute atomic E-state index is 14.5. The minimum absolute atomic E-state index is 0.270. The number of halogens is 1. The van der Waals surface area contributed by atoms with Crippen molar-refractivity contribution in [1.82, 2.24) is 5.01 Å². The van der Waals surface area contributed by atoms with E-state index in [1.165, 1.54) is 6.26 Å². The largest absolute Gasteiger partial charge is 0.469 e. The lowest BCUT2D eigenvalue weighted by Crippen LogP contribution is -2.43. The number of hydrogen-bond donors (Lipinski definition) is 0. The van der Waals surface area contributed by atoms with Crippen LogP contribution in [0.2, 0.25) is 5.02 Å². The molecule has 0 N–H and O–H groups in total. The molecule has 7 heteroatoms. The van der Waals surface area contributed by atoms with Gasteiger partial charge in [0.2, 0.25) is 0 Å². The summed E-state index contributed by atoms with van der Waals surface area (Å²) in [5, 5.41) is 6.85. The van der Waals surface area contributed by atoms with Crippen molar-refractivity contribution in [1.29, 1.82) is 0 Å². The van der Waals surface area contributed by atoms with Gasteiger partial charge in [-0.05, 0) is 47.5 Å². The van der Waals surface area contributed by atoms with Gasteiger partial charge < -0.3 is 4.42 Å². The molecule has 3 aliphatic rings. The molecule has 4 aromatic rings. The number of hydrogen-bond acceptors (Lipinski definition) is 6. The number of nitrogens with zero attached hydrogens (tertiary/aromatic N) is 2. The molecule has 1 spiro atoms. The maximum Gasteiger partial charge on any atom is 0.187 e. The first kappa shape index (κ1) is 21.9. The molecule has 0 bridgehead atoms. The normalized spacial score (nSPS) is 22.7. The number of carbonyl (C=O) groups is 3. The van der Waals surface area contributed by atoms with Gasteiger partial charge in [-0.1, -0.05) is 60.1 Å². The molecule has 2 aliphatic heterocycles. The van der Waals surface area contributed by atoms with Crippen LogP contribution in [0.5, 0.6) is 0 Å². The van der Waals surface area contributed by atoms with Gasteiger partial charge in [0.15, 0.2) is 17.3 Å². The van der Waals surface area contributed by atoms with Crippen molar-refractivity contribution >= 4 is 35.2 Å². The number of hydrazone groups is 1. The zero-order valence-corrected chi connectivity index (χ0v) is 20.1. The van der Waals surface area contributed by atoms with Crippen molar-refractivity contribution in [3.8, 4) is 0 Å². The number of carbonyl (C=O) groups excluding carboxylic acids is 3. The second-order valence-corrected chi connectivity index (χ2v) is 9.97. The highest BCUT2D eigenvalue weighted by molar-refractivity contribution is 6.32. The summed E-state index contributed by atoms with van der Waals surface area (Å²) in [6, 6.07) is 22.7. The van der Waals surface area contributed by atoms with Crippen LogP contribution in [0.3, 0.4) is 0 Å². The second kappa shape index (κ2) is 7.85. The van der Waals surface area contributed by atoms with Crippen molar-refractivity contribution in [2.45, 2.75) is 18.0 Å². The Labute approximate surface area is 217 Å². The molecule has 0 amide bonds. The van der Waals surface area contributed by atoms with E-state index in [0.29, 0.717) is 27.5 Å². The Balaban J connectivity index is 1.54. The number of ketones is 3. The Morgan fingerprint density at radius 3 is 2.22 bits per heavy atom. The summed E-state index contributed by atoms with van der Waals surface area (Å²) in [5.41, 5.74) is 1.06. The van der Waals surface area contributed by atoms with Gasteiger partial charge >= 0.3 is 0 Å². The van der Waals surface area contributed by atoms with E-state index >= 15 is 0 Å². The summed E-state index contributed by atoms with van der Waals surface area (Å²) in [5.74, 6) is -1.42. The Morgan fingerprint density at radius 2 is 1.54 bits per heavy atom. The molecule has 0 unspecified atom stereocenters. The third-order valence-corrected chi connectivity index (χ3v) is 8.07. The summed E-state index contributed by atoms with van der Waals surface area (Å²) in [6.07, 6.45) is 3.18. The lowest BCUT2D eigenvalue weighted by atomic mass is 9.64. The molecule has 3 atom stereocenters. The SMILES string of the molecule is O=C(c1ccc(Cl)cc1)[C@@H]1[C@H](c2ccco2)C2(C(=O)c3ccccc3C2=O)[C@H]2c3ccccc3C=NN12. The summed E-state index contributed by atoms with van der Waals surface area (Å²) in [6.45, 7) is 0. The van der Waals surface area contributed by atoms with Crippen LogP contribution in [0.25, 0.3) is 0 Å². The number of rotatable bonds is 3. The summed E-state index contributed by atoms with van der Waals surface area (Å²) in [7, 11) is 0. The van der Waals surface area contributed by atoms with E-state index in [4.69, 9.17) is 21.1 Å². The first-order chi connectivity index (χ1) is 18.0. The molecule has 1 saturated heterocycles. The van der Waals surface area contributed by atoms with E-state index in [9.17, 15) is 14.4 Å². The van der Waals surface area contributed by atoms with Gasteiger partial charge in [0, 0.05) is 21.7 Å². The lowest BCUT2D eigenvalue weighted by molar-refractivity contribution is 0.0579. The fourth-order valence-corrected chi connectivity index (χ4v) is 6.46. The van der Waals surface area contributed by atoms with Crippen molar-refractivity contribution < 1.29 is 18.8 Å². The predicted octanol–water partition coefficient (Wildman–Crippen LogP) is 5.74. The van der Waals surface area contributed by atoms with Gasteiger partial charge in [-0.3, -0.25) is 19.4 Å². The molecule has 7 rings (SSSR count). The topological polar surface area (TPSA) is 79.9 Å². The quantitative estimate of drug-likeness (QED) is 0.261. The van der Waals surface area contributed by atoms with Crippen LogP contribution in [-0.4, -0.2) is 34.6 Å². The molecule has 0 radical (unpaired) electrons. The molecule has 1 aliphatic carbocycles. The molecular formula is C30H19ClN2O4. The predicted molar refractivity (Wildman–Crippen MR) is 137 cm³/mol. The Bertz CT molecular complexity index is 1590. The fourth-order valence-electron chi connectivity index (χ4n) is 6.34. The maximum atomic E-state index is 14.5. The van der Waals surface area contributed by atoms with E-state index < -0.39 is 23.4 Å². The van der Waals surface area contributed by atoms with E-state index in [1.54, 1.807) is 71.9 Å². The van der Waals surface area contributed by atoms with Gasteiger partial charge in [0.05, 0.1) is 24.4 Å². The second-order valence-electron chi connectivity index (χ2n) is 9.54. The number of furan rings is 1. The Kier molecular flexibility index (Phi) is 4.66. The highest BCUT2D eigenvalue weighted by Gasteiger charge is 2.73.